The Hall–Kier alpha value is -0.625. The Morgan fingerprint density at radius 3 is 3.20 bits per heavy atom. The molecule has 10 heavy (non-hydrogen) atoms. The molecule has 2 heterocycles. The zero-order valence-electron chi connectivity index (χ0n) is 5.79. The Labute approximate surface area is 64.7 Å². The van der Waals surface area contributed by atoms with Crippen LogP contribution < -0.4 is 0 Å². The molecule has 0 N–H and O–H groups in total. The number of aryl methyl sites for hydroxylation is 1. The number of fused-ring (bicyclic) bond motifs is 1. The van der Waals surface area contributed by atoms with E-state index in [2.05, 4.69) is 37.3 Å². The van der Waals surface area contributed by atoms with E-state index in [1.807, 2.05) is 11.3 Å². The summed E-state index contributed by atoms with van der Waals surface area (Å²) in [7, 11) is 0. The van der Waals surface area contributed by atoms with Crippen LogP contribution in [0.1, 0.15) is 5.56 Å². The zero-order chi connectivity index (χ0) is 6.97. The molecule has 0 amide bonds. The van der Waals surface area contributed by atoms with Gasteiger partial charge in [0.2, 0.25) is 0 Å². The predicted molar refractivity (Wildman–Crippen MR) is 47.9 cm³/mol. The van der Waals surface area contributed by atoms with Crippen molar-refractivity contribution in [1.29, 1.82) is 0 Å². The van der Waals surface area contributed by atoms with Gasteiger partial charge in [-0.05, 0) is 0 Å². The second-order valence-corrected chi connectivity index (χ2v) is 3.33. The summed E-state index contributed by atoms with van der Waals surface area (Å²) in [5.74, 6) is 2.09. The quantitative estimate of drug-likeness (QED) is 0.535. The average Bonchev–Trinajstić information content (AvgIpc) is 2.34. The van der Waals surface area contributed by atoms with Gasteiger partial charge in [0.25, 0.3) is 0 Å². The summed E-state index contributed by atoms with van der Waals surface area (Å²) < 4.78 is 1.39. The molecule has 0 fully saturated rings. The van der Waals surface area contributed by atoms with E-state index in [1.54, 1.807) is 0 Å². The molecule has 0 nitrogen and oxygen atoms in total. The first-order chi connectivity index (χ1) is 4.88. The van der Waals surface area contributed by atoms with Crippen molar-refractivity contribution in [3.8, 4) is 0 Å². The van der Waals surface area contributed by atoms with Gasteiger partial charge in [0.1, 0.15) is 0 Å². The van der Waals surface area contributed by atoms with Crippen LogP contribution in [0.4, 0.5) is 0 Å². The van der Waals surface area contributed by atoms with Gasteiger partial charge in [-0.1, -0.05) is 0 Å². The van der Waals surface area contributed by atoms with Crippen LogP contribution >= 0.6 is 11.3 Å². The van der Waals surface area contributed by atoms with E-state index in [4.69, 9.17) is 0 Å². The standard InChI is InChI=1S/C8H7BS/c1-6-5-10-7-3-2-4-9-8(6)7/h2-5H,1H3. The molecule has 2 aromatic heterocycles. The van der Waals surface area contributed by atoms with Gasteiger partial charge < -0.3 is 0 Å². The van der Waals surface area contributed by atoms with Crippen LogP contribution in [0.25, 0.3) is 9.98 Å². The SMILES string of the molecule is Cc1csc2cccbc12. The summed E-state index contributed by atoms with van der Waals surface area (Å²) in [6.45, 7) is 4.32. The van der Waals surface area contributed by atoms with Crippen molar-refractivity contribution >= 4 is 28.2 Å². The van der Waals surface area contributed by atoms with Gasteiger partial charge in [0, 0.05) is 0 Å². The summed E-state index contributed by atoms with van der Waals surface area (Å²) in [5.41, 5.74) is 1.39. The molecule has 0 atom stereocenters. The molecule has 2 aromatic rings. The van der Waals surface area contributed by atoms with Crippen LogP contribution in [0, 0.1) is 6.92 Å². The first kappa shape index (κ1) is 6.11. The monoisotopic (exact) mass is 146 g/mol. The molecule has 0 aromatic carbocycles. The van der Waals surface area contributed by atoms with E-state index in [-0.39, 0.29) is 0 Å². The van der Waals surface area contributed by atoms with Crippen LogP contribution in [0.2, 0.25) is 0 Å². The van der Waals surface area contributed by atoms with Gasteiger partial charge in [-0.3, -0.25) is 0 Å². The minimum absolute atomic E-state index is 1.39. The van der Waals surface area contributed by atoms with Crippen molar-refractivity contribution in [2.75, 3.05) is 0 Å². The third-order valence-electron chi connectivity index (χ3n) is 1.67. The van der Waals surface area contributed by atoms with E-state index in [1.165, 1.54) is 15.5 Å². The predicted octanol–water partition coefficient (Wildman–Crippen LogP) is 2.55. The van der Waals surface area contributed by atoms with Crippen molar-refractivity contribution in [2.24, 2.45) is 0 Å². The molecule has 0 aliphatic rings. The average molecular weight is 146 g/mol. The van der Waals surface area contributed by atoms with Crippen molar-refractivity contribution < 1.29 is 0 Å². The van der Waals surface area contributed by atoms with Crippen LogP contribution in [0.5, 0.6) is 0 Å². The Bertz CT molecular complexity index is 351. The van der Waals surface area contributed by atoms with Gasteiger partial charge in [-0.2, -0.15) is 0 Å². The molecular weight excluding hydrogens is 139 g/mol. The third-order valence-corrected chi connectivity index (χ3v) is 2.76. The Balaban J connectivity index is 2.93. The summed E-state index contributed by atoms with van der Waals surface area (Å²) in [4.78, 5) is 0. The molecule has 0 radical (unpaired) electrons. The molecule has 0 aliphatic carbocycles. The summed E-state index contributed by atoms with van der Waals surface area (Å²) in [6, 6.07) is 4.24. The molecule has 2 rings (SSSR count). The summed E-state index contributed by atoms with van der Waals surface area (Å²) >= 11 is 1.81. The molecule has 0 aliphatic heterocycles. The molecule has 0 spiro atoms. The van der Waals surface area contributed by atoms with Crippen molar-refractivity contribution in [1.82, 2.24) is 0 Å². The molecular formula is C8H7BS. The summed E-state index contributed by atoms with van der Waals surface area (Å²) in [5, 5.41) is 3.59. The fourth-order valence-corrected chi connectivity index (χ4v) is 2.05. The molecule has 0 saturated carbocycles. The Morgan fingerprint density at radius 2 is 2.40 bits per heavy atom. The number of rotatable bonds is 0. The second-order valence-electron chi connectivity index (χ2n) is 2.41. The van der Waals surface area contributed by atoms with E-state index >= 15 is 0 Å². The van der Waals surface area contributed by atoms with E-state index in [0.29, 0.717) is 0 Å². The van der Waals surface area contributed by atoms with Crippen molar-refractivity contribution in [2.45, 2.75) is 6.92 Å². The molecule has 2 heteroatoms. The van der Waals surface area contributed by atoms with E-state index in [0.717, 1.165) is 0 Å². The second kappa shape index (κ2) is 2.20. The molecule has 0 unspecified atom stereocenters. The number of thiophene rings is 1. The normalized spacial score (nSPS) is 10.1. The maximum atomic E-state index is 2.20. The zero-order valence-corrected chi connectivity index (χ0v) is 6.61. The molecule has 0 bridgehead atoms. The fourth-order valence-electron chi connectivity index (χ4n) is 1.11. The van der Waals surface area contributed by atoms with Gasteiger partial charge in [-0.15, -0.1) is 0 Å². The summed E-state index contributed by atoms with van der Waals surface area (Å²) in [6.07, 6.45) is 0. The number of hydrogen-bond acceptors (Lipinski definition) is 1. The number of hydrogen-bond donors (Lipinski definition) is 0. The first-order valence-electron chi connectivity index (χ1n) is 3.31. The first-order valence-corrected chi connectivity index (χ1v) is 4.19. The van der Waals surface area contributed by atoms with Gasteiger partial charge >= 0.3 is 64.2 Å². The molecule has 48 valence electrons. The molecule has 0 saturated heterocycles. The van der Waals surface area contributed by atoms with Gasteiger partial charge in [-0.25, -0.2) is 0 Å². The van der Waals surface area contributed by atoms with Crippen molar-refractivity contribution in [3.05, 3.63) is 29.0 Å². The Morgan fingerprint density at radius 1 is 1.50 bits per heavy atom. The van der Waals surface area contributed by atoms with E-state index in [9.17, 15) is 0 Å². The minimum atomic E-state index is 1.39. The fraction of sp³-hybridized carbons (Fsp3) is 0.125. The van der Waals surface area contributed by atoms with Crippen LogP contribution in [-0.4, -0.2) is 6.91 Å². The van der Waals surface area contributed by atoms with E-state index < -0.39 is 0 Å². The van der Waals surface area contributed by atoms with Crippen LogP contribution in [0.3, 0.4) is 0 Å². The van der Waals surface area contributed by atoms with Gasteiger partial charge in [0.15, 0.2) is 0 Å². The Kier molecular flexibility index (Phi) is 1.35. The van der Waals surface area contributed by atoms with Crippen molar-refractivity contribution in [3.63, 3.8) is 0 Å². The maximum absolute atomic E-state index is 2.20. The topological polar surface area (TPSA) is 0 Å². The third kappa shape index (κ3) is 0.798. The van der Waals surface area contributed by atoms with Crippen LogP contribution in [0.15, 0.2) is 23.5 Å². The van der Waals surface area contributed by atoms with Crippen LogP contribution in [-0.2, 0) is 0 Å². The van der Waals surface area contributed by atoms with Gasteiger partial charge in [0.05, 0.1) is 0 Å².